The molecule has 0 aromatic rings. The monoisotopic (exact) mass is 558 g/mol. The van der Waals surface area contributed by atoms with Crippen LogP contribution in [0.25, 0.3) is 0 Å². The number of rotatable bonds is 3. The molecule has 4 heterocycles. The standard InChI is InChI=1S/C30H38O10/c1-13-11-20(37-25(34)14(13)2)15(3)30-24(38-30)23(36-16(4)31)29(35)18-12-21(32)28-10-8-19(39-40-28)22(33)27(28,6)17(18)7-9-26(29,30)5/h8,10,15,17-21,23-24,32,35H,7,9,11-12H2,1-6H3/t15-,17+,18-,19+,20-,21-,23+,24+,26+,27+,28+,29-,30+/m1/s1. The van der Waals surface area contributed by atoms with Crippen LogP contribution >= 0.6 is 0 Å². The molecule has 0 aromatic carbocycles. The highest BCUT2D eigenvalue weighted by Crippen LogP contribution is 2.78. The molecule has 4 aliphatic carbocycles. The van der Waals surface area contributed by atoms with Gasteiger partial charge in [-0.15, -0.1) is 0 Å². The number of epoxide rings is 1. The molecule has 0 radical (unpaired) electrons. The minimum absolute atomic E-state index is 0.117. The number of cyclic esters (lactones) is 1. The molecule has 40 heavy (non-hydrogen) atoms. The number of carbonyl (C=O) groups excluding carboxylic acids is 3. The second kappa shape index (κ2) is 7.83. The number of fused-ring (bicyclic) bond motifs is 6. The first-order valence-corrected chi connectivity index (χ1v) is 14.4. The van der Waals surface area contributed by atoms with E-state index in [9.17, 15) is 24.6 Å². The predicted octanol–water partition coefficient (Wildman–Crippen LogP) is 2.10. The van der Waals surface area contributed by atoms with Gasteiger partial charge in [0.25, 0.3) is 0 Å². The summed E-state index contributed by atoms with van der Waals surface area (Å²) in [5.74, 6) is -2.38. The second-order valence-electron chi connectivity index (χ2n) is 13.7. The number of ether oxygens (including phenoxy) is 3. The molecule has 13 atom stereocenters. The van der Waals surface area contributed by atoms with Gasteiger partial charge in [0.15, 0.2) is 23.6 Å². The lowest BCUT2D eigenvalue weighted by molar-refractivity contribution is -0.437. The summed E-state index contributed by atoms with van der Waals surface area (Å²) in [5, 5.41) is 24.6. The van der Waals surface area contributed by atoms with E-state index in [4.69, 9.17) is 24.0 Å². The maximum Gasteiger partial charge on any atom is 0.333 e. The van der Waals surface area contributed by atoms with Crippen molar-refractivity contribution in [2.75, 3.05) is 0 Å². The van der Waals surface area contributed by atoms with Crippen molar-refractivity contribution in [3.63, 3.8) is 0 Å². The van der Waals surface area contributed by atoms with Crippen LogP contribution in [0.5, 0.6) is 0 Å². The Labute approximate surface area is 232 Å². The van der Waals surface area contributed by atoms with Crippen molar-refractivity contribution in [1.82, 2.24) is 0 Å². The third-order valence-electron chi connectivity index (χ3n) is 12.5. The molecule has 0 amide bonds. The molecule has 10 heteroatoms. The number of hydrogen-bond donors (Lipinski definition) is 2. The molecule has 2 bridgehead atoms. The fourth-order valence-electron chi connectivity index (χ4n) is 10.1. The van der Waals surface area contributed by atoms with Crippen LogP contribution in [0.4, 0.5) is 0 Å². The van der Waals surface area contributed by atoms with Crippen molar-refractivity contribution in [3.8, 4) is 0 Å². The van der Waals surface area contributed by atoms with Crippen LogP contribution in [-0.2, 0) is 38.4 Å². The molecule has 4 aliphatic heterocycles. The Kier molecular flexibility index (Phi) is 5.24. The Bertz CT molecular complexity index is 1290. The van der Waals surface area contributed by atoms with Crippen LogP contribution in [0.1, 0.15) is 67.2 Å². The molecule has 2 saturated heterocycles. The maximum absolute atomic E-state index is 13.8. The quantitative estimate of drug-likeness (QED) is 0.229. The van der Waals surface area contributed by atoms with Crippen molar-refractivity contribution in [2.24, 2.45) is 28.6 Å². The van der Waals surface area contributed by atoms with Crippen LogP contribution in [0.3, 0.4) is 0 Å². The van der Waals surface area contributed by atoms with Crippen LogP contribution < -0.4 is 0 Å². The Hall–Kier alpha value is -2.11. The largest absolute Gasteiger partial charge is 0.458 e. The van der Waals surface area contributed by atoms with Gasteiger partial charge in [-0.1, -0.05) is 19.4 Å². The summed E-state index contributed by atoms with van der Waals surface area (Å²) in [6, 6.07) is 0. The topological polar surface area (TPSA) is 141 Å². The number of Topliss-reactive ketones (excluding diaryl/α,β-unsaturated/α-hetero) is 1. The van der Waals surface area contributed by atoms with Gasteiger partial charge in [-0.25, -0.2) is 14.6 Å². The third kappa shape index (κ3) is 2.67. The van der Waals surface area contributed by atoms with Gasteiger partial charge < -0.3 is 24.4 Å². The molecule has 2 N–H and O–H groups in total. The van der Waals surface area contributed by atoms with E-state index >= 15 is 0 Å². The van der Waals surface area contributed by atoms with Crippen LogP contribution in [0.15, 0.2) is 23.3 Å². The van der Waals surface area contributed by atoms with E-state index < -0.39 is 70.0 Å². The average Bonchev–Trinajstić information content (AvgIpc) is 3.64. The smallest absolute Gasteiger partial charge is 0.333 e. The molecule has 0 unspecified atom stereocenters. The van der Waals surface area contributed by atoms with Gasteiger partial charge in [0.2, 0.25) is 0 Å². The summed E-state index contributed by atoms with van der Waals surface area (Å²) in [6.45, 7) is 10.7. The SMILES string of the molecule is CC(=O)O[C@H]1[C@@H]2O[C@]2([C@H](C)[C@H]2CC(C)=C(C)C(=O)O2)[C@@]2(C)CC[C@H]3[C@@H](C[C@@H](O)[C@]45C=C[C@H](OO4)C(=O)[C@]35C)[C@@]12O. The first-order chi connectivity index (χ1) is 18.7. The zero-order valence-electron chi connectivity index (χ0n) is 23.8. The summed E-state index contributed by atoms with van der Waals surface area (Å²) in [6.07, 6.45) is 0.954. The van der Waals surface area contributed by atoms with E-state index in [-0.39, 0.29) is 30.0 Å². The summed E-state index contributed by atoms with van der Waals surface area (Å²) in [5.41, 5.74) is -4.43. The fraction of sp³-hybridized carbons (Fsp3) is 0.767. The van der Waals surface area contributed by atoms with Crippen molar-refractivity contribution >= 4 is 17.7 Å². The fourth-order valence-corrected chi connectivity index (χ4v) is 10.1. The molecule has 1 spiro atoms. The highest BCUT2D eigenvalue weighted by Gasteiger charge is 2.91. The summed E-state index contributed by atoms with van der Waals surface area (Å²) in [4.78, 5) is 50.0. The van der Waals surface area contributed by atoms with E-state index in [0.29, 0.717) is 24.8 Å². The Morgan fingerprint density at radius 2 is 1.93 bits per heavy atom. The first kappa shape index (κ1) is 26.8. The molecular weight excluding hydrogens is 520 g/mol. The Morgan fingerprint density at radius 1 is 1.20 bits per heavy atom. The number of ketones is 1. The van der Waals surface area contributed by atoms with Gasteiger partial charge in [0, 0.05) is 30.3 Å². The van der Waals surface area contributed by atoms with Crippen molar-refractivity contribution in [2.45, 2.75) is 115 Å². The lowest BCUT2D eigenvalue weighted by Gasteiger charge is -2.67. The van der Waals surface area contributed by atoms with Crippen LogP contribution in [0.2, 0.25) is 0 Å². The number of aliphatic hydroxyl groups is 2. The molecule has 8 aliphatic rings. The van der Waals surface area contributed by atoms with Crippen LogP contribution in [0, 0.1) is 28.6 Å². The normalized spacial score (nSPS) is 54.6. The molecule has 218 valence electrons. The third-order valence-corrected chi connectivity index (χ3v) is 12.5. The maximum atomic E-state index is 13.8. The van der Waals surface area contributed by atoms with Crippen molar-refractivity contribution in [3.05, 3.63) is 23.3 Å². The van der Waals surface area contributed by atoms with E-state index in [1.807, 2.05) is 27.7 Å². The van der Waals surface area contributed by atoms with Crippen molar-refractivity contribution in [1.29, 1.82) is 0 Å². The average molecular weight is 559 g/mol. The lowest BCUT2D eigenvalue weighted by atomic mass is 9.41. The minimum Gasteiger partial charge on any atom is -0.458 e. The Balaban J connectivity index is 1.33. The molecular formula is C30H38O10. The highest BCUT2D eigenvalue weighted by atomic mass is 17.2. The molecule has 3 saturated carbocycles. The van der Waals surface area contributed by atoms with Gasteiger partial charge in [0.05, 0.1) is 11.5 Å². The minimum atomic E-state index is -1.62. The molecule has 10 nitrogen and oxygen atoms in total. The number of carbonyl (C=O) groups is 3. The number of aliphatic hydroxyl groups excluding tert-OH is 1. The van der Waals surface area contributed by atoms with Gasteiger partial charge in [-0.05, 0) is 64.0 Å². The van der Waals surface area contributed by atoms with Gasteiger partial charge >= 0.3 is 11.9 Å². The van der Waals surface area contributed by atoms with Gasteiger partial charge in [-0.3, -0.25) is 9.59 Å². The van der Waals surface area contributed by atoms with Gasteiger partial charge in [0.1, 0.15) is 23.4 Å². The molecule has 8 rings (SSSR count). The van der Waals surface area contributed by atoms with E-state index in [0.717, 1.165) is 5.57 Å². The molecule has 0 aromatic heterocycles. The lowest BCUT2D eigenvalue weighted by Crippen LogP contribution is -2.78. The Morgan fingerprint density at radius 3 is 2.55 bits per heavy atom. The van der Waals surface area contributed by atoms with Crippen LogP contribution in [-0.4, -0.2) is 75.3 Å². The summed E-state index contributed by atoms with van der Waals surface area (Å²) in [7, 11) is 0. The van der Waals surface area contributed by atoms with Gasteiger partial charge in [-0.2, -0.15) is 0 Å². The van der Waals surface area contributed by atoms with E-state index in [1.165, 1.54) is 6.92 Å². The van der Waals surface area contributed by atoms with E-state index in [1.54, 1.807) is 19.1 Å². The summed E-state index contributed by atoms with van der Waals surface area (Å²) >= 11 is 0. The predicted molar refractivity (Wildman–Crippen MR) is 136 cm³/mol. The number of hydrogen-bond acceptors (Lipinski definition) is 10. The second-order valence-corrected chi connectivity index (χ2v) is 13.7. The highest BCUT2D eigenvalue weighted by molar-refractivity contribution is 5.94. The number of esters is 2. The first-order valence-electron chi connectivity index (χ1n) is 14.4. The zero-order chi connectivity index (χ0) is 28.8. The van der Waals surface area contributed by atoms with Crippen molar-refractivity contribution < 1.29 is 48.6 Å². The molecule has 5 fully saturated rings. The van der Waals surface area contributed by atoms with E-state index in [2.05, 4.69) is 0 Å². The summed E-state index contributed by atoms with van der Waals surface area (Å²) < 4.78 is 18.3. The zero-order valence-corrected chi connectivity index (χ0v) is 23.8.